The van der Waals surface area contributed by atoms with Crippen molar-refractivity contribution < 1.29 is 0 Å². The first-order chi connectivity index (χ1) is 6.40. The van der Waals surface area contributed by atoms with Gasteiger partial charge in [0.1, 0.15) is 11.5 Å². The van der Waals surface area contributed by atoms with Crippen molar-refractivity contribution in [2.24, 2.45) is 0 Å². The highest BCUT2D eigenvalue weighted by Crippen LogP contribution is 2.12. The molecule has 66 valence electrons. The molecule has 0 spiro atoms. The fourth-order valence-corrected chi connectivity index (χ4v) is 1.21. The molecule has 2 rings (SSSR count). The van der Waals surface area contributed by atoms with Crippen molar-refractivity contribution in [1.29, 1.82) is 0 Å². The SMILES string of the molecule is C=CCNc1ccc2cc[nH]c2n1. The predicted octanol–water partition coefficient (Wildman–Crippen LogP) is 2.16. The standard InChI is InChI=1S/C10H11N3/c1-2-6-11-9-4-3-8-5-7-12-10(8)13-9/h2-5,7H,1,6H2,(H2,11,12,13). The molecule has 0 saturated heterocycles. The van der Waals surface area contributed by atoms with Crippen LogP contribution in [0.3, 0.4) is 0 Å². The summed E-state index contributed by atoms with van der Waals surface area (Å²) >= 11 is 0. The summed E-state index contributed by atoms with van der Waals surface area (Å²) in [4.78, 5) is 7.42. The Morgan fingerprint density at radius 1 is 1.46 bits per heavy atom. The van der Waals surface area contributed by atoms with Gasteiger partial charge in [-0.15, -0.1) is 6.58 Å². The molecule has 0 aliphatic carbocycles. The van der Waals surface area contributed by atoms with Crippen molar-refractivity contribution in [3.63, 3.8) is 0 Å². The highest BCUT2D eigenvalue weighted by molar-refractivity contribution is 5.77. The third kappa shape index (κ3) is 1.54. The third-order valence-electron chi connectivity index (χ3n) is 1.84. The second-order valence-corrected chi connectivity index (χ2v) is 2.78. The highest BCUT2D eigenvalue weighted by atomic mass is 15.0. The quantitative estimate of drug-likeness (QED) is 0.698. The van der Waals surface area contributed by atoms with E-state index in [-0.39, 0.29) is 0 Å². The summed E-state index contributed by atoms with van der Waals surface area (Å²) in [5, 5.41) is 4.26. The number of aromatic amines is 1. The molecule has 0 unspecified atom stereocenters. The van der Waals surface area contributed by atoms with E-state index in [1.807, 2.05) is 24.4 Å². The van der Waals surface area contributed by atoms with Gasteiger partial charge in [0.05, 0.1) is 0 Å². The zero-order valence-electron chi connectivity index (χ0n) is 7.25. The number of pyridine rings is 1. The maximum Gasteiger partial charge on any atom is 0.139 e. The van der Waals surface area contributed by atoms with Crippen molar-refractivity contribution in [3.05, 3.63) is 37.1 Å². The van der Waals surface area contributed by atoms with Gasteiger partial charge in [-0.2, -0.15) is 0 Å². The number of H-pyrrole nitrogens is 1. The van der Waals surface area contributed by atoms with Crippen molar-refractivity contribution in [1.82, 2.24) is 9.97 Å². The van der Waals surface area contributed by atoms with E-state index in [0.717, 1.165) is 23.4 Å². The molecule has 0 aliphatic rings. The first kappa shape index (κ1) is 7.86. The molecule has 0 bridgehead atoms. The molecule has 2 N–H and O–H groups in total. The summed E-state index contributed by atoms with van der Waals surface area (Å²) in [7, 11) is 0. The normalized spacial score (nSPS) is 10.2. The van der Waals surface area contributed by atoms with E-state index in [1.165, 1.54) is 0 Å². The van der Waals surface area contributed by atoms with Crippen LogP contribution in [-0.2, 0) is 0 Å². The van der Waals surface area contributed by atoms with Gasteiger partial charge in [-0.05, 0) is 18.2 Å². The molecule has 0 atom stereocenters. The Kier molecular flexibility index (Phi) is 2.00. The minimum atomic E-state index is 0.735. The van der Waals surface area contributed by atoms with Gasteiger partial charge in [-0.3, -0.25) is 0 Å². The van der Waals surface area contributed by atoms with Crippen LogP contribution in [0.2, 0.25) is 0 Å². The second kappa shape index (κ2) is 3.31. The fraction of sp³-hybridized carbons (Fsp3) is 0.100. The van der Waals surface area contributed by atoms with Crippen molar-refractivity contribution in [2.45, 2.75) is 0 Å². The lowest BCUT2D eigenvalue weighted by atomic mass is 10.3. The predicted molar refractivity (Wildman–Crippen MR) is 54.8 cm³/mol. The first-order valence-electron chi connectivity index (χ1n) is 4.19. The van der Waals surface area contributed by atoms with Crippen LogP contribution >= 0.6 is 0 Å². The number of hydrogen-bond donors (Lipinski definition) is 2. The van der Waals surface area contributed by atoms with Crippen LogP contribution in [0.4, 0.5) is 5.82 Å². The molecule has 0 saturated carbocycles. The molecule has 3 nitrogen and oxygen atoms in total. The zero-order valence-corrected chi connectivity index (χ0v) is 7.25. The minimum absolute atomic E-state index is 0.735. The summed E-state index contributed by atoms with van der Waals surface area (Å²) < 4.78 is 0. The van der Waals surface area contributed by atoms with E-state index >= 15 is 0 Å². The molecular weight excluding hydrogens is 162 g/mol. The van der Waals surface area contributed by atoms with Crippen LogP contribution in [0.5, 0.6) is 0 Å². The fourth-order valence-electron chi connectivity index (χ4n) is 1.21. The number of nitrogens with zero attached hydrogens (tertiary/aromatic N) is 1. The van der Waals surface area contributed by atoms with Crippen LogP contribution in [0.25, 0.3) is 11.0 Å². The number of nitrogens with one attached hydrogen (secondary N) is 2. The molecule has 2 aromatic heterocycles. The molecule has 2 aromatic rings. The number of fused-ring (bicyclic) bond motifs is 1. The summed E-state index contributed by atoms with van der Waals surface area (Å²) in [5.74, 6) is 0.870. The Morgan fingerprint density at radius 3 is 3.23 bits per heavy atom. The number of anilines is 1. The molecule has 0 fully saturated rings. The smallest absolute Gasteiger partial charge is 0.139 e. The molecule has 2 heterocycles. The molecule has 0 radical (unpaired) electrons. The Balaban J connectivity index is 2.31. The van der Waals surface area contributed by atoms with Gasteiger partial charge in [0, 0.05) is 18.1 Å². The number of aromatic nitrogens is 2. The average molecular weight is 173 g/mol. The van der Waals surface area contributed by atoms with Gasteiger partial charge < -0.3 is 10.3 Å². The Morgan fingerprint density at radius 2 is 2.38 bits per heavy atom. The van der Waals surface area contributed by atoms with E-state index < -0.39 is 0 Å². The maximum atomic E-state index is 4.36. The lowest BCUT2D eigenvalue weighted by molar-refractivity contribution is 1.24. The Bertz CT molecular complexity index is 417. The summed E-state index contributed by atoms with van der Waals surface area (Å²) in [5.41, 5.74) is 0.911. The topological polar surface area (TPSA) is 40.7 Å². The van der Waals surface area contributed by atoms with Gasteiger partial charge in [-0.1, -0.05) is 6.08 Å². The van der Waals surface area contributed by atoms with Crippen LogP contribution in [-0.4, -0.2) is 16.5 Å². The molecule has 0 amide bonds. The first-order valence-corrected chi connectivity index (χ1v) is 4.19. The van der Waals surface area contributed by atoms with E-state index in [0.29, 0.717) is 0 Å². The number of rotatable bonds is 3. The van der Waals surface area contributed by atoms with Crippen molar-refractivity contribution in [2.75, 3.05) is 11.9 Å². The highest BCUT2D eigenvalue weighted by Gasteiger charge is 1.96. The van der Waals surface area contributed by atoms with Gasteiger partial charge >= 0.3 is 0 Å². The summed E-state index contributed by atoms with van der Waals surface area (Å²) in [6, 6.07) is 5.99. The Labute approximate surface area is 76.5 Å². The summed E-state index contributed by atoms with van der Waals surface area (Å²) in [6.07, 6.45) is 3.69. The molecule has 3 heteroatoms. The van der Waals surface area contributed by atoms with E-state index in [2.05, 4.69) is 21.9 Å². The molecule has 0 aliphatic heterocycles. The third-order valence-corrected chi connectivity index (χ3v) is 1.84. The average Bonchev–Trinajstić information content (AvgIpc) is 2.61. The largest absolute Gasteiger partial charge is 0.367 e. The maximum absolute atomic E-state index is 4.36. The van der Waals surface area contributed by atoms with Crippen molar-refractivity contribution >= 4 is 16.9 Å². The monoisotopic (exact) mass is 173 g/mol. The van der Waals surface area contributed by atoms with Crippen molar-refractivity contribution in [3.8, 4) is 0 Å². The molecule has 0 aromatic carbocycles. The van der Waals surface area contributed by atoms with E-state index in [4.69, 9.17) is 0 Å². The molecule has 13 heavy (non-hydrogen) atoms. The second-order valence-electron chi connectivity index (χ2n) is 2.78. The zero-order chi connectivity index (χ0) is 9.10. The lowest BCUT2D eigenvalue weighted by Gasteiger charge is -2.00. The summed E-state index contributed by atoms with van der Waals surface area (Å²) in [6.45, 7) is 4.37. The van der Waals surface area contributed by atoms with Gasteiger partial charge in [0.2, 0.25) is 0 Å². The van der Waals surface area contributed by atoms with Crippen LogP contribution < -0.4 is 5.32 Å². The molecular formula is C10H11N3. The van der Waals surface area contributed by atoms with Gasteiger partial charge in [0.15, 0.2) is 0 Å². The van der Waals surface area contributed by atoms with Crippen LogP contribution in [0, 0.1) is 0 Å². The Hall–Kier alpha value is -1.77. The van der Waals surface area contributed by atoms with Gasteiger partial charge in [0.25, 0.3) is 0 Å². The lowest BCUT2D eigenvalue weighted by Crippen LogP contribution is -1.99. The van der Waals surface area contributed by atoms with Crippen LogP contribution in [0.15, 0.2) is 37.1 Å². The minimum Gasteiger partial charge on any atom is -0.367 e. The number of hydrogen-bond acceptors (Lipinski definition) is 2. The van der Waals surface area contributed by atoms with Crippen LogP contribution in [0.1, 0.15) is 0 Å². The van der Waals surface area contributed by atoms with E-state index in [9.17, 15) is 0 Å². The van der Waals surface area contributed by atoms with E-state index in [1.54, 1.807) is 6.08 Å². The van der Waals surface area contributed by atoms with Gasteiger partial charge in [-0.25, -0.2) is 4.98 Å².